The number of benzene rings is 2. The van der Waals surface area contributed by atoms with Gasteiger partial charge in [0.25, 0.3) is 0 Å². The predicted molar refractivity (Wildman–Crippen MR) is 109 cm³/mol. The number of rotatable bonds is 7. The van der Waals surface area contributed by atoms with Crippen molar-refractivity contribution in [3.8, 4) is 0 Å². The summed E-state index contributed by atoms with van der Waals surface area (Å²) in [5.74, 6) is -0.363. The topological polar surface area (TPSA) is 66.5 Å². The number of amides is 1. The second-order valence-electron chi connectivity index (χ2n) is 6.76. The highest BCUT2D eigenvalue weighted by Crippen LogP contribution is 2.19. The van der Waals surface area contributed by atoms with E-state index in [1.807, 2.05) is 39.0 Å². The molecule has 0 aliphatic heterocycles. The summed E-state index contributed by atoms with van der Waals surface area (Å²) in [6.07, 6.45) is 1.09. The summed E-state index contributed by atoms with van der Waals surface area (Å²) in [7, 11) is -3.57. The molecule has 0 aliphatic carbocycles. The first-order valence-corrected chi connectivity index (χ1v) is 10.9. The van der Waals surface area contributed by atoms with Crippen molar-refractivity contribution >= 4 is 27.5 Å². The Morgan fingerprint density at radius 3 is 2.41 bits per heavy atom. The molecule has 2 aromatic rings. The average molecular weight is 409 g/mol. The number of carbonyl (C=O) groups is 1. The molecule has 1 N–H and O–H groups in total. The third-order valence-electron chi connectivity index (χ3n) is 4.50. The zero-order valence-corrected chi connectivity index (χ0v) is 17.6. The van der Waals surface area contributed by atoms with Crippen LogP contribution in [0.3, 0.4) is 0 Å². The molecule has 0 aromatic heterocycles. The lowest BCUT2D eigenvalue weighted by atomic mass is 10.0. The lowest BCUT2D eigenvalue weighted by Crippen LogP contribution is -2.40. The van der Waals surface area contributed by atoms with E-state index < -0.39 is 10.0 Å². The Kier molecular flexibility index (Phi) is 7.03. The predicted octanol–water partition coefficient (Wildman–Crippen LogP) is 3.60. The van der Waals surface area contributed by atoms with Gasteiger partial charge < -0.3 is 5.32 Å². The van der Waals surface area contributed by atoms with Crippen molar-refractivity contribution in [2.45, 2.75) is 33.4 Å². The van der Waals surface area contributed by atoms with Crippen LogP contribution in [0.1, 0.15) is 35.2 Å². The van der Waals surface area contributed by atoms with Gasteiger partial charge >= 0.3 is 0 Å². The van der Waals surface area contributed by atoms with Gasteiger partial charge in [-0.3, -0.25) is 4.79 Å². The minimum atomic E-state index is -3.57. The molecule has 0 saturated heterocycles. The number of sulfonamides is 1. The molecule has 0 fully saturated rings. The van der Waals surface area contributed by atoms with Crippen molar-refractivity contribution in [1.82, 2.24) is 9.62 Å². The average Bonchev–Trinajstić information content (AvgIpc) is 2.57. The fraction of sp³-hybridized carbons (Fsp3) is 0.350. The summed E-state index contributed by atoms with van der Waals surface area (Å²) in [4.78, 5) is 12.5. The zero-order chi connectivity index (χ0) is 20.2. The maximum atomic E-state index is 12.5. The smallest absolute Gasteiger partial charge is 0.235 e. The van der Waals surface area contributed by atoms with Crippen molar-refractivity contribution in [3.05, 3.63) is 69.7 Å². The Bertz CT molecular complexity index is 929. The van der Waals surface area contributed by atoms with Crippen molar-refractivity contribution in [2.75, 3.05) is 12.8 Å². The maximum absolute atomic E-state index is 12.5. The summed E-state index contributed by atoms with van der Waals surface area (Å²) in [6, 6.07) is 12.8. The standard InChI is InChI=1S/C20H25ClN2O3S/c1-14-9-10-17(11-15(14)2)16(3)22-20(24)13-23(27(4,25)26)12-18-7-5-6-8-19(18)21/h5-11,16H,12-13H2,1-4H3,(H,22,24)/t16-/m1/s1. The molecule has 2 aromatic carbocycles. The van der Waals surface area contributed by atoms with Gasteiger partial charge in [0, 0.05) is 11.6 Å². The summed E-state index contributed by atoms with van der Waals surface area (Å²) in [5, 5.41) is 3.34. The molecular weight excluding hydrogens is 384 g/mol. The van der Waals surface area contributed by atoms with Crippen LogP contribution in [0.2, 0.25) is 5.02 Å². The second-order valence-corrected chi connectivity index (χ2v) is 9.14. The SMILES string of the molecule is Cc1ccc([C@@H](C)NC(=O)CN(Cc2ccccc2Cl)S(C)(=O)=O)cc1C. The van der Waals surface area contributed by atoms with Crippen LogP contribution >= 0.6 is 11.6 Å². The van der Waals surface area contributed by atoms with Crippen molar-refractivity contribution in [3.63, 3.8) is 0 Å². The van der Waals surface area contributed by atoms with Gasteiger partial charge in [-0.25, -0.2) is 8.42 Å². The number of carbonyl (C=O) groups excluding carboxylic acids is 1. The van der Waals surface area contributed by atoms with Gasteiger partial charge in [0.05, 0.1) is 18.8 Å². The molecule has 0 radical (unpaired) electrons. The molecule has 0 aliphatic rings. The molecule has 0 bridgehead atoms. The molecular formula is C20H25ClN2O3S. The first-order chi connectivity index (χ1) is 12.6. The largest absolute Gasteiger partial charge is 0.348 e. The molecule has 5 nitrogen and oxygen atoms in total. The third kappa shape index (κ3) is 6.06. The Balaban J connectivity index is 2.09. The molecule has 2 rings (SSSR count). The van der Waals surface area contributed by atoms with Gasteiger partial charge in [0.2, 0.25) is 15.9 Å². The fourth-order valence-electron chi connectivity index (χ4n) is 2.67. The van der Waals surface area contributed by atoms with E-state index in [-0.39, 0.29) is 25.0 Å². The summed E-state index contributed by atoms with van der Waals surface area (Å²) in [6.45, 7) is 5.70. The third-order valence-corrected chi connectivity index (χ3v) is 6.07. The Hall–Kier alpha value is -1.89. The number of nitrogens with zero attached hydrogens (tertiary/aromatic N) is 1. The minimum Gasteiger partial charge on any atom is -0.348 e. The Morgan fingerprint density at radius 2 is 1.81 bits per heavy atom. The van der Waals surface area contributed by atoms with E-state index in [0.717, 1.165) is 21.7 Å². The van der Waals surface area contributed by atoms with Crippen molar-refractivity contribution in [2.24, 2.45) is 0 Å². The minimum absolute atomic E-state index is 0.0456. The number of halogens is 1. The molecule has 0 saturated carbocycles. The number of aryl methyl sites for hydroxylation is 2. The summed E-state index contributed by atoms with van der Waals surface area (Å²) >= 11 is 6.12. The van der Waals surface area contributed by atoms with E-state index >= 15 is 0 Å². The van der Waals surface area contributed by atoms with Gasteiger partial charge in [-0.1, -0.05) is 48.0 Å². The van der Waals surface area contributed by atoms with E-state index in [0.29, 0.717) is 10.6 Å². The van der Waals surface area contributed by atoms with Crippen LogP contribution in [0.25, 0.3) is 0 Å². The number of hydrogen-bond donors (Lipinski definition) is 1. The van der Waals surface area contributed by atoms with Crippen LogP contribution < -0.4 is 5.32 Å². The number of nitrogens with one attached hydrogen (secondary N) is 1. The highest BCUT2D eigenvalue weighted by molar-refractivity contribution is 7.88. The molecule has 27 heavy (non-hydrogen) atoms. The van der Waals surface area contributed by atoms with Gasteiger partial charge in [-0.2, -0.15) is 4.31 Å². The summed E-state index contributed by atoms with van der Waals surface area (Å²) < 4.78 is 25.4. The lowest BCUT2D eigenvalue weighted by Gasteiger charge is -2.22. The zero-order valence-electron chi connectivity index (χ0n) is 16.0. The molecule has 7 heteroatoms. The van der Waals surface area contributed by atoms with Crippen molar-refractivity contribution < 1.29 is 13.2 Å². The van der Waals surface area contributed by atoms with Gasteiger partial charge in [-0.15, -0.1) is 0 Å². The number of hydrogen-bond acceptors (Lipinski definition) is 3. The van der Waals surface area contributed by atoms with Crippen molar-refractivity contribution in [1.29, 1.82) is 0 Å². The normalized spacial score (nSPS) is 12.8. The van der Waals surface area contributed by atoms with Gasteiger partial charge in [0.1, 0.15) is 0 Å². The van der Waals surface area contributed by atoms with Crippen LogP contribution in [0, 0.1) is 13.8 Å². The van der Waals surface area contributed by atoms with E-state index in [1.165, 1.54) is 5.56 Å². The molecule has 1 amide bonds. The second kappa shape index (κ2) is 8.87. The summed E-state index contributed by atoms with van der Waals surface area (Å²) in [5.41, 5.74) is 3.95. The van der Waals surface area contributed by atoms with E-state index in [4.69, 9.17) is 11.6 Å². The fourth-order valence-corrected chi connectivity index (χ4v) is 3.59. The maximum Gasteiger partial charge on any atom is 0.235 e. The van der Waals surface area contributed by atoms with E-state index in [9.17, 15) is 13.2 Å². The Labute approximate surface area is 166 Å². The molecule has 0 spiro atoms. The molecule has 146 valence electrons. The highest BCUT2D eigenvalue weighted by Gasteiger charge is 2.22. The molecule has 0 heterocycles. The quantitative estimate of drug-likeness (QED) is 0.761. The molecule has 0 unspecified atom stereocenters. The van der Waals surface area contributed by atoms with Crippen LogP contribution in [0.4, 0.5) is 0 Å². The lowest BCUT2D eigenvalue weighted by molar-refractivity contribution is -0.122. The van der Waals surface area contributed by atoms with Crippen LogP contribution in [0.15, 0.2) is 42.5 Å². The van der Waals surface area contributed by atoms with Crippen LogP contribution in [-0.2, 0) is 21.4 Å². The Morgan fingerprint density at radius 1 is 1.15 bits per heavy atom. The first kappa shape index (κ1) is 21.4. The van der Waals surface area contributed by atoms with Gasteiger partial charge in [-0.05, 0) is 49.1 Å². The van der Waals surface area contributed by atoms with E-state index in [2.05, 4.69) is 5.32 Å². The van der Waals surface area contributed by atoms with Gasteiger partial charge in [0.15, 0.2) is 0 Å². The van der Waals surface area contributed by atoms with Crippen LogP contribution in [0.5, 0.6) is 0 Å². The van der Waals surface area contributed by atoms with Crippen LogP contribution in [-0.4, -0.2) is 31.4 Å². The highest BCUT2D eigenvalue weighted by atomic mass is 35.5. The first-order valence-electron chi connectivity index (χ1n) is 8.63. The monoisotopic (exact) mass is 408 g/mol. The molecule has 1 atom stereocenters. The van der Waals surface area contributed by atoms with E-state index in [1.54, 1.807) is 24.3 Å².